The first-order chi connectivity index (χ1) is 10.3. The Kier molecular flexibility index (Phi) is 5.36. The topological polar surface area (TPSA) is 47.3 Å². The molecule has 0 amide bonds. The van der Waals surface area contributed by atoms with E-state index in [0.29, 0.717) is 19.4 Å². The lowest BCUT2D eigenvalue weighted by atomic mass is 10.0. The molecule has 0 aliphatic heterocycles. The first kappa shape index (κ1) is 15.1. The fourth-order valence-corrected chi connectivity index (χ4v) is 2.39. The number of aliphatic hydroxyl groups excluding tert-OH is 1. The third-order valence-corrected chi connectivity index (χ3v) is 3.49. The van der Waals surface area contributed by atoms with Gasteiger partial charge in [-0.1, -0.05) is 43.3 Å². The molecule has 1 atom stereocenters. The maximum atomic E-state index is 10.2. The second-order valence-corrected chi connectivity index (χ2v) is 4.88. The molecule has 2 rings (SSSR count). The molecule has 108 valence electrons. The second kappa shape index (κ2) is 7.47. The molecular weight excluding hydrogens is 260 g/mol. The highest BCUT2D eigenvalue weighted by atomic mass is 16.3. The van der Waals surface area contributed by atoms with Gasteiger partial charge in [-0.3, -0.25) is 0 Å². The summed E-state index contributed by atoms with van der Waals surface area (Å²) in [5.74, 6) is 0. The van der Waals surface area contributed by atoms with Gasteiger partial charge < -0.3 is 10.0 Å². The average molecular weight is 280 g/mol. The third-order valence-electron chi connectivity index (χ3n) is 3.49. The van der Waals surface area contributed by atoms with Gasteiger partial charge in [-0.2, -0.15) is 5.26 Å². The zero-order valence-electron chi connectivity index (χ0n) is 12.2. The highest BCUT2D eigenvalue weighted by Gasteiger charge is 2.16. The van der Waals surface area contributed by atoms with Crippen molar-refractivity contribution in [3.63, 3.8) is 0 Å². The van der Waals surface area contributed by atoms with Gasteiger partial charge in [0.05, 0.1) is 18.6 Å². The van der Waals surface area contributed by atoms with Gasteiger partial charge in [0.25, 0.3) is 0 Å². The van der Waals surface area contributed by atoms with Crippen molar-refractivity contribution in [2.75, 3.05) is 11.4 Å². The Bertz CT molecular complexity index is 604. The Hall–Kier alpha value is -2.31. The molecule has 0 unspecified atom stereocenters. The zero-order valence-corrected chi connectivity index (χ0v) is 12.2. The zero-order chi connectivity index (χ0) is 15.1. The summed E-state index contributed by atoms with van der Waals surface area (Å²) in [4.78, 5) is 2.09. The van der Waals surface area contributed by atoms with Crippen molar-refractivity contribution in [3.05, 3.63) is 60.2 Å². The lowest BCUT2D eigenvalue weighted by molar-refractivity contribution is 0.174. The standard InChI is InChI=1S/C18H20N2O/c1-2-18(21)16-11-6-7-12-17(16)20(14-8-13-19)15-9-4-3-5-10-15/h3-7,9-12,18,21H,2,8,14H2,1H3/t18-/m0/s1. The van der Waals surface area contributed by atoms with Crippen LogP contribution in [0.15, 0.2) is 54.6 Å². The minimum absolute atomic E-state index is 0.436. The molecule has 0 saturated carbocycles. The Morgan fingerprint density at radius 1 is 1.10 bits per heavy atom. The van der Waals surface area contributed by atoms with Crippen LogP contribution in [0.2, 0.25) is 0 Å². The Balaban J connectivity index is 2.45. The van der Waals surface area contributed by atoms with Gasteiger partial charge in [0.15, 0.2) is 0 Å². The molecular formula is C18H20N2O. The van der Waals surface area contributed by atoms with Crippen molar-refractivity contribution in [1.82, 2.24) is 0 Å². The Labute approximate surface area is 126 Å². The fourth-order valence-electron chi connectivity index (χ4n) is 2.39. The number of anilines is 2. The minimum Gasteiger partial charge on any atom is -0.388 e. The fraction of sp³-hybridized carbons (Fsp3) is 0.278. The van der Waals surface area contributed by atoms with E-state index in [0.717, 1.165) is 16.9 Å². The van der Waals surface area contributed by atoms with Gasteiger partial charge >= 0.3 is 0 Å². The average Bonchev–Trinajstić information content (AvgIpc) is 2.56. The van der Waals surface area contributed by atoms with Crippen molar-refractivity contribution >= 4 is 11.4 Å². The molecule has 0 fully saturated rings. The largest absolute Gasteiger partial charge is 0.388 e. The predicted molar refractivity (Wildman–Crippen MR) is 85.4 cm³/mol. The smallest absolute Gasteiger partial charge is 0.0807 e. The first-order valence-corrected chi connectivity index (χ1v) is 7.24. The maximum Gasteiger partial charge on any atom is 0.0807 e. The van der Waals surface area contributed by atoms with E-state index in [2.05, 4.69) is 11.0 Å². The summed E-state index contributed by atoms with van der Waals surface area (Å²) in [6, 6.07) is 20.0. The van der Waals surface area contributed by atoms with Crippen LogP contribution in [-0.4, -0.2) is 11.7 Å². The van der Waals surface area contributed by atoms with Gasteiger partial charge in [-0.15, -0.1) is 0 Å². The number of para-hydroxylation sites is 2. The van der Waals surface area contributed by atoms with E-state index >= 15 is 0 Å². The molecule has 0 radical (unpaired) electrons. The van der Waals surface area contributed by atoms with Gasteiger partial charge in [0.2, 0.25) is 0 Å². The normalized spacial score (nSPS) is 11.7. The van der Waals surface area contributed by atoms with Crippen molar-refractivity contribution < 1.29 is 5.11 Å². The number of hydrogen-bond donors (Lipinski definition) is 1. The highest BCUT2D eigenvalue weighted by molar-refractivity contribution is 5.67. The molecule has 0 bridgehead atoms. The van der Waals surface area contributed by atoms with Gasteiger partial charge in [-0.05, 0) is 24.6 Å². The highest BCUT2D eigenvalue weighted by Crippen LogP contribution is 2.33. The first-order valence-electron chi connectivity index (χ1n) is 7.24. The van der Waals surface area contributed by atoms with Crippen LogP contribution in [0.25, 0.3) is 0 Å². The summed E-state index contributed by atoms with van der Waals surface area (Å²) in [5.41, 5.74) is 2.90. The second-order valence-electron chi connectivity index (χ2n) is 4.88. The number of aliphatic hydroxyl groups is 1. The number of benzene rings is 2. The summed E-state index contributed by atoms with van der Waals surface area (Å²) in [7, 11) is 0. The lowest BCUT2D eigenvalue weighted by Crippen LogP contribution is -2.20. The quantitative estimate of drug-likeness (QED) is 0.863. The predicted octanol–water partition coefficient (Wildman–Crippen LogP) is 4.18. The minimum atomic E-state index is -0.491. The van der Waals surface area contributed by atoms with Crippen LogP contribution in [0.4, 0.5) is 11.4 Å². The monoisotopic (exact) mass is 280 g/mol. The van der Waals surface area contributed by atoms with E-state index in [9.17, 15) is 5.11 Å². The number of rotatable bonds is 6. The molecule has 21 heavy (non-hydrogen) atoms. The third kappa shape index (κ3) is 3.62. The SMILES string of the molecule is CC[C@H](O)c1ccccc1N(CCC#N)c1ccccc1. The Morgan fingerprint density at radius 2 is 1.76 bits per heavy atom. The van der Waals surface area contributed by atoms with Crippen LogP contribution in [0.5, 0.6) is 0 Å². The number of hydrogen-bond acceptors (Lipinski definition) is 3. The summed E-state index contributed by atoms with van der Waals surface area (Å²) < 4.78 is 0. The van der Waals surface area contributed by atoms with Crippen LogP contribution in [0.1, 0.15) is 31.4 Å². The van der Waals surface area contributed by atoms with Crippen molar-refractivity contribution in [2.45, 2.75) is 25.9 Å². The van der Waals surface area contributed by atoms with Crippen molar-refractivity contribution in [2.24, 2.45) is 0 Å². The van der Waals surface area contributed by atoms with Crippen molar-refractivity contribution in [1.29, 1.82) is 5.26 Å². The van der Waals surface area contributed by atoms with Gasteiger partial charge in [0.1, 0.15) is 0 Å². The van der Waals surface area contributed by atoms with E-state index in [-0.39, 0.29) is 0 Å². The molecule has 0 spiro atoms. The molecule has 2 aromatic rings. The Morgan fingerprint density at radius 3 is 2.43 bits per heavy atom. The lowest BCUT2D eigenvalue weighted by Gasteiger charge is -2.27. The van der Waals surface area contributed by atoms with Gasteiger partial charge in [-0.25, -0.2) is 0 Å². The van der Waals surface area contributed by atoms with E-state index in [1.807, 2.05) is 61.5 Å². The molecule has 0 heterocycles. The summed E-state index contributed by atoms with van der Waals surface area (Å²) >= 11 is 0. The maximum absolute atomic E-state index is 10.2. The van der Waals surface area contributed by atoms with Crippen LogP contribution in [0.3, 0.4) is 0 Å². The van der Waals surface area contributed by atoms with Crippen LogP contribution >= 0.6 is 0 Å². The number of nitriles is 1. The summed E-state index contributed by atoms with van der Waals surface area (Å²) in [6.07, 6.45) is 0.609. The van der Waals surface area contributed by atoms with E-state index < -0.39 is 6.10 Å². The number of nitrogens with zero attached hydrogens (tertiary/aromatic N) is 2. The summed E-state index contributed by atoms with van der Waals surface area (Å²) in [5, 5.41) is 19.1. The molecule has 2 aromatic carbocycles. The molecule has 0 aromatic heterocycles. The molecule has 1 N–H and O–H groups in total. The van der Waals surface area contributed by atoms with E-state index in [1.165, 1.54) is 0 Å². The molecule has 0 aliphatic rings. The van der Waals surface area contributed by atoms with Crippen LogP contribution < -0.4 is 4.90 Å². The van der Waals surface area contributed by atoms with Gasteiger partial charge in [0, 0.05) is 23.5 Å². The molecule has 0 saturated heterocycles. The molecule has 0 aliphatic carbocycles. The van der Waals surface area contributed by atoms with E-state index in [4.69, 9.17) is 5.26 Å². The molecule has 3 nitrogen and oxygen atoms in total. The van der Waals surface area contributed by atoms with E-state index in [1.54, 1.807) is 0 Å². The molecule has 3 heteroatoms. The van der Waals surface area contributed by atoms with Crippen molar-refractivity contribution in [3.8, 4) is 6.07 Å². The van der Waals surface area contributed by atoms with Crippen LogP contribution in [-0.2, 0) is 0 Å². The summed E-state index contributed by atoms with van der Waals surface area (Å²) in [6.45, 7) is 2.57. The van der Waals surface area contributed by atoms with Crippen LogP contribution in [0, 0.1) is 11.3 Å².